The molecule has 482 valence electrons. The molecule has 0 aliphatic rings. The van der Waals surface area contributed by atoms with Crippen molar-refractivity contribution in [3.63, 3.8) is 0 Å². The van der Waals surface area contributed by atoms with Gasteiger partial charge in [-0.3, -0.25) is 9.59 Å². The second-order valence-corrected chi connectivity index (χ2v) is 26.3. The Morgan fingerprint density at radius 1 is 0.321 bits per heavy atom. The van der Waals surface area contributed by atoms with Gasteiger partial charge in [-0.15, -0.1) is 0 Å². The fourth-order valence-corrected chi connectivity index (χ4v) is 11.3. The van der Waals surface area contributed by atoms with Crippen LogP contribution < -0.4 is 5.11 Å². The summed E-state index contributed by atoms with van der Waals surface area (Å²) in [5.41, 5.74) is 0. The first-order chi connectivity index (χ1) is 39.6. The maximum atomic E-state index is 12.9. The topological polar surface area (TPSA) is 111 Å². The Labute approximate surface area is 504 Å². The monoisotopic (exact) mass is 1150 g/mol. The summed E-state index contributed by atoms with van der Waals surface area (Å²) >= 11 is 0. The van der Waals surface area contributed by atoms with Crippen LogP contribution in [-0.2, 0) is 33.3 Å². The highest BCUT2D eigenvalue weighted by atomic mass is 16.7. The lowest BCUT2D eigenvalue weighted by atomic mass is 10.0. The van der Waals surface area contributed by atoms with Gasteiger partial charge in [-0.05, 0) is 12.8 Å². The third-order valence-electron chi connectivity index (χ3n) is 16.9. The Bertz CT molecular complexity index is 1290. The number of hydrogen-bond donors (Lipinski definition) is 0. The number of carboxylic acids is 1. The quantitative estimate of drug-likeness (QED) is 0.0256. The Hall–Kier alpha value is -1.71. The molecule has 0 N–H and O–H groups in total. The minimum absolute atomic E-state index is 0.154. The first-order valence-electron chi connectivity index (χ1n) is 36.2. The Morgan fingerprint density at radius 3 is 0.790 bits per heavy atom. The van der Waals surface area contributed by atoms with Gasteiger partial charge in [0.05, 0.1) is 40.3 Å². The molecule has 0 fully saturated rings. The van der Waals surface area contributed by atoms with E-state index in [1.54, 1.807) is 0 Å². The summed E-state index contributed by atoms with van der Waals surface area (Å²) in [6, 6.07) is 0. The number of carboxylic acid groups (broad SMARTS) is 1. The smallest absolute Gasteiger partial charge is 0.306 e. The van der Waals surface area contributed by atoms with E-state index in [0.29, 0.717) is 17.4 Å². The predicted molar refractivity (Wildman–Crippen MR) is 344 cm³/mol. The molecule has 0 aliphatic heterocycles. The molecule has 0 saturated heterocycles. The van der Waals surface area contributed by atoms with Gasteiger partial charge in [0, 0.05) is 12.8 Å². The molecule has 9 nitrogen and oxygen atoms in total. The standard InChI is InChI=1S/C72H141NO8/c1-6-8-10-12-14-16-18-20-22-24-26-28-30-31-32-33-34-35-36-37-38-39-40-41-43-45-47-49-51-53-55-57-59-61-63-70(75)81-68(67-80-72(71(76)77)78-65-64-73(3,4)5)66-79-69(74)62-60-58-56-54-52-50-48-46-44-42-29-27-25-23-21-19-17-15-13-11-9-7-2/h68,72H,6-67H2,1-5H3. The van der Waals surface area contributed by atoms with Gasteiger partial charge in [-0.1, -0.05) is 361 Å². The highest BCUT2D eigenvalue weighted by Gasteiger charge is 2.22. The van der Waals surface area contributed by atoms with E-state index in [9.17, 15) is 19.5 Å². The van der Waals surface area contributed by atoms with Crippen LogP contribution in [0.3, 0.4) is 0 Å². The molecular formula is C72H141NO8. The number of carbonyl (C=O) groups excluding carboxylic acids is 3. The molecule has 0 bridgehead atoms. The fraction of sp³-hybridized carbons (Fsp3) is 0.958. The van der Waals surface area contributed by atoms with E-state index in [2.05, 4.69) is 13.8 Å². The van der Waals surface area contributed by atoms with E-state index < -0.39 is 24.3 Å². The number of carbonyl (C=O) groups is 3. The van der Waals surface area contributed by atoms with Crippen LogP contribution in [0.15, 0.2) is 0 Å². The SMILES string of the molecule is CCCCCCCCCCCCCCCCCCCCCCCCCCCCCCCCCCCCC(=O)OC(COC(=O)CCCCCCCCCCCCCCCCCCCCCCCC)COC(OCC[N+](C)(C)C)C(=O)[O-]. The average molecular weight is 1150 g/mol. The summed E-state index contributed by atoms with van der Waals surface area (Å²) in [7, 11) is 5.95. The molecular weight excluding hydrogens is 1010 g/mol. The van der Waals surface area contributed by atoms with Crippen LogP contribution in [0.5, 0.6) is 0 Å². The molecule has 0 aromatic heterocycles. The van der Waals surface area contributed by atoms with Gasteiger partial charge in [-0.2, -0.15) is 0 Å². The summed E-state index contributed by atoms with van der Waals surface area (Å²) in [6.45, 7) is 4.84. The van der Waals surface area contributed by atoms with Gasteiger partial charge in [-0.25, -0.2) is 0 Å². The van der Waals surface area contributed by atoms with E-state index in [-0.39, 0.29) is 32.2 Å². The van der Waals surface area contributed by atoms with E-state index in [1.807, 2.05) is 21.1 Å². The summed E-state index contributed by atoms with van der Waals surface area (Å²) in [4.78, 5) is 37.5. The zero-order valence-corrected chi connectivity index (χ0v) is 55.2. The number of esters is 2. The molecule has 0 spiro atoms. The number of nitrogens with zero attached hydrogens (tertiary/aromatic N) is 1. The van der Waals surface area contributed by atoms with Crippen molar-refractivity contribution in [2.75, 3.05) is 47.5 Å². The zero-order chi connectivity index (χ0) is 59.1. The lowest BCUT2D eigenvalue weighted by Gasteiger charge is -2.26. The number of rotatable bonds is 69. The molecule has 0 amide bonds. The maximum absolute atomic E-state index is 12.9. The lowest BCUT2D eigenvalue weighted by Crippen LogP contribution is -2.44. The van der Waals surface area contributed by atoms with Crippen LogP contribution in [-0.4, -0.2) is 82.3 Å². The number of unbranched alkanes of at least 4 members (excludes halogenated alkanes) is 54. The molecule has 81 heavy (non-hydrogen) atoms. The summed E-state index contributed by atoms with van der Waals surface area (Å²) < 4.78 is 22.8. The lowest BCUT2D eigenvalue weighted by molar-refractivity contribution is -0.870. The minimum atomic E-state index is -1.62. The van der Waals surface area contributed by atoms with Crippen LogP contribution in [0, 0.1) is 0 Å². The van der Waals surface area contributed by atoms with Gasteiger partial charge in [0.15, 0.2) is 12.4 Å². The van der Waals surface area contributed by atoms with E-state index in [1.165, 1.54) is 321 Å². The van der Waals surface area contributed by atoms with Gasteiger partial charge in [0.2, 0.25) is 0 Å². The van der Waals surface area contributed by atoms with Crippen LogP contribution in [0.2, 0.25) is 0 Å². The van der Waals surface area contributed by atoms with Crippen LogP contribution >= 0.6 is 0 Å². The number of hydrogen-bond acceptors (Lipinski definition) is 8. The van der Waals surface area contributed by atoms with Crippen molar-refractivity contribution in [3.8, 4) is 0 Å². The third-order valence-corrected chi connectivity index (χ3v) is 16.9. The average Bonchev–Trinajstić information content (AvgIpc) is 3.44. The van der Waals surface area contributed by atoms with Crippen molar-refractivity contribution in [2.24, 2.45) is 0 Å². The van der Waals surface area contributed by atoms with Crippen LogP contribution in [0.1, 0.15) is 386 Å². The summed E-state index contributed by atoms with van der Waals surface area (Å²) in [6.07, 6.45) is 73.5. The van der Waals surface area contributed by atoms with Gasteiger partial charge < -0.3 is 33.3 Å². The number of ether oxygens (including phenoxy) is 4. The highest BCUT2D eigenvalue weighted by Crippen LogP contribution is 2.20. The minimum Gasteiger partial charge on any atom is -0.545 e. The molecule has 0 aromatic carbocycles. The van der Waals surface area contributed by atoms with Crippen molar-refractivity contribution in [1.29, 1.82) is 0 Å². The third kappa shape index (κ3) is 65.7. The number of aliphatic carboxylic acids is 1. The predicted octanol–water partition coefficient (Wildman–Crippen LogP) is 20.9. The molecule has 2 unspecified atom stereocenters. The zero-order valence-electron chi connectivity index (χ0n) is 55.2. The van der Waals surface area contributed by atoms with Crippen molar-refractivity contribution < 1.29 is 42.9 Å². The molecule has 2 atom stereocenters. The molecule has 9 heteroatoms. The molecule has 0 radical (unpaired) electrons. The Balaban J connectivity index is 3.99. The first kappa shape index (κ1) is 79.3. The normalized spacial score (nSPS) is 12.6. The van der Waals surface area contributed by atoms with Crippen molar-refractivity contribution in [2.45, 2.75) is 399 Å². The highest BCUT2D eigenvalue weighted by molar-refractivity contribution is 5.70. The van der Waals surface area contributed by atoms with Crippen LogP contribution in [0.4, 0.5) is 0 Å². The second kappa shape index (κ2) is 64.3. The molecule has 0 aliphatic carbocycles. The molecule has 0 saturated carbocycles. The summed E-state index contributed by atoms with van der Waals surface area (Å²) in [5.74, 6) is -2.24. The fourth-order valence-electron chi connectivity index (χ4n) is 11.3. The Kier molecular flexibility index (Phi) is 62.9. The maximum Gasteiger partial charge on any atom is 0.306 e. The Morgan fingerprint density at radius 2 is 0.556 bits per heavy atom. The van der Waals surface area contributed by atoms with Gasteiger partial charge in [0.25, 0.3) is 0 Å². The van der Waals surface area contributed by atoms with Gasteiger partial charge >= 0.3 is 11.9 Å². The number of likely N-dealkylation sites (N-methyl/N-ethyl adjacent to an activating group) is 1. The first-order valence-corrected chi connectivity index (χ1v) is 36.2. The van der Waals surface area contributed by atoms with Crippen molar-refractivity contribution >= 4 is 17.9 Å². The largest absolute Gasteiger partial charge is 0.545 e. The van der Waals surface area contributed by atoms with Gasteiger partial charge in [0.1, 0.15) is 13.2 Å². The number of quaternary nitrogens is 1. The summed E-state index contributed by atoms with van der Waals surface area (Å²) in [5, 5.41) is 11.8. The van der Waals surface area contributed by atoms with E-state index in [4.69, 9.17) is 18.9 Å². The molecule has 0 heterocycles. The van der Waals surface area contributed by atoms with Crippen LogP contribution in [0.25, 0.3) is 0 Å². The molecule has 0 aromatic rings. The second-order valence-electron chi connectivity index (χ2n) is 26.3. The van der Waals surface area contributed by atoms with E-state index >= 15 is 0 Å². The molecule has 0 rings (SSSR count). The van der Waals surface area contributed by atoms with Crippen molar-refractivity contribution in [3.05, 3.63) is 0 Å². The van der Waals surface area contributed by atoms with E-state index in [0.717, 1.165) is 38.5 Å². The van der Waals surface area contributed by atoms with Crippen molar-refractivity contribution in [1.82, 2.24) is 0 Å².